The highest BCUT2D eigenvalue weighted by Crippen LogP contribution is 1.91. The molecule has 0 amide bonds. The molecule has 0 bridgehead atoms. The van der Waals surface area contributed by atoms with E-state index in [0.717, 1.165) is 5.56 Å². The molecule has 0 saturated heterocycles. The van der Waals surface area contributed by atoms with Gasteiger partial charge < -0.3 is 10.7 Å². The van der Waals surface area contributed by atoms with E-state index in [1.807, 2.05) is 0 Å². The normalized spacial score (nSPS) is 9.00. The standard InChI is InChI=1S/C5H7N3/c6-5(7)4-1-2-8-3-4/h1-3,8H,(H3,6,7). The molecule has 1 aromatic rings. The van der Waals surface area contributed by atoms with E-state index in [1.165, 1.54) is 0 Å². The molecule has 0 unspecified atom stereocenters. The minimum atomic E-state index is 0.103. The van der Waals surface area contributed by atoms with Gasteiger partial charge in [0.05, 0.1) is 0 Å². The molecule has 3 nitrogen and oxygen atoms in total. The van der Waals surface area contributed by atoms with Crippen LogP contribution in [0.3, 0.4) is 0 Å². The second-order valence-electron chi connectivity index (χ2n) is 1.51. The van der Waals surface area contributed by atoms with Gasteiger partial charge in [0.1, 0.15) is 5.84 Å². The lowest BCUT2D eigenvalue weighted by molar-refractivity contribution is 1.39. The zero-order chi connectivity index (χ0) is 5.98. The summed E-state index contributed by atoms with van der Waals surface area (Å²) in [6.45, 7) is 0. The van der Waals surface area contributed by atoms with Crippen molar-refractivity contribution in [1.82, 2.24) is 4.98 Å². The van der Waals surface area contributed by atoms with E-state index in [-0.39, 0.29) is 5.84 Å². The van der Waals surface area contributed by atoms with Gasteiger partial charge in [0.15, 0.2) is 0 Å². The largest absolute Gasteiger partial charge is 0.384 e. The number of nitrogens with two attached hydrogens (primary N) is 1. The number of hydrogen-bond acceptors (Lipinski definition) is 1. The lowest BCUT2D eigenvalue weighted by Gasteiger charge is -1.85. The Morgan fingerprint density at radius 2 is 2.50 bits per heavy atom. The Morgan fingerprint density at radius 3 is 2.75 bits per heavy atom. The molecule has 0 aliphatic rings. The highest BCUT2D eigenvalue weighted by Gasteiger charge is 1.90. The van der Waals surface area contributed by atoms with Gasteiger partial charge >= 0.3 is 0 Å². The van der Waals surface area contributed by atoms with Gasteiger partial charge in [-0.05, 0) is 6.07 Å². The first-order valence-corrected chi connectivity index (χ1v) is 2.28. The number of aromatic amines is 1. The Bertz CT molecular complexity index is 176. The molecule has 0 saturated carbocycles. The van der Waals surface area contributed by atoms with Crippen LogP contribution in [0.4, 0.5) is 0 Å². The van der Waals surface area contributed by atoms with Crippen LogP contribution in [0.5, 0.6) is 0 Å². The zero-order valence-electron chi connectivity index (χ0n) is 4.31. The van der Waals surface area contributed by atoms with Gasteiger partial charge in [-0.2, -0.15) is 0 Å². The van der Waals surface area contributed by atoms with Crippen LogP contribution in [-0.2, 0) is 0 Å². The molecule has 0 fully saturated rings. The number of hydrogen-bond donors (Lipinski definition) is 3. The molecule has 1 aromatic heterocycles. The van der Waals surface area contributed by atoms with Crippen molar-refractivity contribution >= 4 is 5.84 Å². The first kappa shape index (κ1) is 4.90. The molecule has 0 radical (unpaired) electrons. The van der Waals surface area contributed by atoms with Gasteiger partial charge in [0, 0.05) is 18.0 Å². The summed E-state index contributed by atoms with van der Waals surface area (Å²) < 4.78 is 0. The maximum atomic E-state index is 6.91. The van der Waals surface area contributed by atoms with Gasteiger partial charge in [-0.15, -0.1) is 0 Å². The summed E-state index contributed by atoms with van der Waals surface area (Å²) in [4.78, 5) is 2.79. The number of nitrogens with one attached hydrogen (secondary N) is 2. The summed E-state index contributed by atoms with van der Waals surface area (Å²) in [5.74, 6) is 0.103. The number of rotatable bonds is 1. The lowest BCUT2D eigenvalue weighted by Crippen LogP contribution is -2.09. The van der Waals surface area contributed by atoms with E-state index < -0.39 is 0 Å². The molecule has 0 spiro atoms. The maximum Gasteiger partial charge on any atom is 0.124 e. The van der Waals surface area contributed by atoms with Gasteiger partial charge in [-0.25, -0.2) is 0 Å². The average molecular weight is 109 g/mol. The van der Waals surface area contributed by atoms with Crippen LogP contribution in [0.1, 0.15) is 5.56 Å². The van der Waals surface area contributed by atoms with Crippen molar-refractivity contribution < 1.29 is 0 Å². The van der Waals surface area contributed by atoms with Crippen LogP contribution in [0, 0.1) is 5.41 Å². The third-order valence-corrected chi connectivity index (χ3v) is 0.909. The predicted octanol–water partition coefficient (Wildman–Crippen LogP) is 0.299. The fraction of sp³-hybridized carbons (Fsp3) is 0. The zero-order valence-corrected chi connectivity index (χ0v) is 4.31. The highest BCUT2D eigenvalue weighted by atomic mass is 14.7. The first-order valence-electron chi connectivity index (χ1n) is 2.28. The number of amidine groups is 1. The molecule has 3 heteroatoms. The number of nitrogen functional groups attached to an aromatic ring is 1. The first-order chi connectivity index (χ1) is 3.80. The van der Waals surface area contributed by atoms with Crippen molar-refractivity contribution in [2.75, 3.05) is 0 Å². The topological polar surface area (TPSA) is 65.7 Å². The second kappa shape index (κ2) is 1.69. The number of aromatic nitrogens is 1. The van der Waals surface area contributed by atoms with Crippen molar-refractivity contribution in [1.29, 1.82) is 5.41 Å². The van der Waals surface area contributed by atoms with Crippen LogP contribution in [0.25, 0.3) is 0 Å². The second-order valence-corrected chi connectivity index (χ2v) is 1.51. The Kier molecular flexibility index (Phi) is 1.04. The molecule has 0 aliphatic carbocycles. The van der Waals surface area contributed by atoms with Crippen molar-refractivity contribution in [3.8, 4) is 0 Å². The molecule has 1 heterocycles. The van der Waals surface area contributed by atoms with Crippen molar-refractivity contribution in [3.05, 3.63) is 24.0 Å². The fourth-order valence-electron chi connectivity index (χ4n) is 0.491. The van der Waals surface area contributed by atoms with Crippen molar-refractivity contribution in [2.24, 2.45) is 5.73 Å². The van der Waals surface area contributed by atoms with Crippen molar-refractivity contribution in [2.45, 2.75) is 0 Å². The maximum absolute atomic E-state index is 6.91. The number of H-pyrrole nitrogens is 1. The van der Waals surface area contributed by atoms with Crippen LogP contribution < -0.4 is 5.73 Å². The van der Waals surface area contributed by atoms with E-state index in [0.29, 0.717) is 0 Å². The lowest BCUT2D eigenvalue weighted by atomic mass is 10.3. The third-order valence-electron chi connectivity index (χ3n) is 0.909. The van der Waals surface area contributed by atoms with E-state index in [4.69, 9.17) is 11.1 Å². The fourth-order valence-corrected chi connectivity index (χ4v) is 0.491. The summed E-state index contributed by atoms with van der Waals surface area (Å²) in [5.41, 5.74) is 5.86. The Hall–Kier alpha value is -1.25. The minimum absolute atomic E-state index is 0.103. The van der Waals surface area contributed by atoms with E-state index in [1.54, 1.807) is 18.5 Å². The van der Waals surface area contributed by atoms with Gasteiger partial charge in [0.25, 0.3) is 0 Å². The van der Waals surface area contributed by atoms with Gasteiger partial charge in [-0.1, -0.05) is 0 Å². The third kappa shape index (κ3) is 0.703. The van der Waals surface area contributed by atoms with E-state index >= 15 is 0 Å². The quantitative estimate of drug-likeness (QED) is 0.352. The molecule has 1 rings (SSSR count). The molecular formula is C5H7N3. The summed E-state index contributed by atoms with van der Waals surface area (Å²) in [6.07, 6.45) is 3.42. The monoisotopic (exact) mass is 109 g/mol. The molecule has 0 aromatic carbocycles. The van der Waals surface area contributed by atoms with E-state index in [2.05, 4.69) is 4.98 Å². The molecule has 0 atom stereocenters. The van der Waals surface area contributed by atoms with Gasteiger partial charge in [-0.3, -0.25) is 5.41 Å². The minimum Gasteiger partial charge on any atom is -0.384 e. The summed E-state index contributed by atoms with van der Waals surface area (Å²) in [6, 6.07) is 1.75. The Labute approximate surface area is 47.0 Å². The Morgan fingerprint density at radius 1 is 1.75 bits per heavy atom. The molecule has 0 aliphatic heterocycles. The molecule has 8 heavy (non-hydrogen) atoms. The SMILES string of the molecule is N=C(N)c1cc[nH]c1. The van der Waals surface area contributed by atoms with Gasteiger partial charge in [0.2, 0.25) is 0 Å². The summed E-state index contributed by atoms with van der Waals surface area (Å²) >= 11 is 0. The molecular weight excluding hydrogens is 102 g/mol. The summed E-state index contributed by atoms with van der Waals surface area (Å²) in [7, 11) is 0. The van der Waals surface area contributed by atoms with Crippen LogP contribution in [-0.4, -0.2) is 10.8 Å². The average Bonchev–Trinajstić information content (AvgIpc) is 2.12. The van der Waals surface area contributed by atoms with E-state index in [9.17, 15) is 0 Å². The predicted molar refractivity (Wildman–Crippen MR) is 31.8 cm³/mol. The van der Waals surface area contributed by atoms with Crippen LogP contribution in [0.2, 0.25) is 0 Å². The molecule has 42 valence electrons. The molecule has 4 N–H and O–H groups in total. The summed E-state index contributed by atoms with van der Waals surface area (Å²) in [5, 5.41) is 6.91. The van der Waals surface area contributed by atoms with Crippen molar-refractivity contribution in [3.63, 3.8) is 0 Å². The van der Waals surface area contributed by atoms with Crippen LogP contribution >= 0.6 is 0 Å². The smallest absolute Gasteiger partial charge is 0.124 e. The highest BCUT2D eigenvalue weighted by molar-refractivity contribution is 5.94. The van der Waals surface area contributed by atoms with Crippen LogP contribution in [0.15, 0.2) is 18.5 Å². The Balaban J connectivity index is 2.93.